The molecule has 0 spiro atoms. The van der Waals surface area contributed by atoms with Crippen molar-refractivity contribution in [2.75, 3.05) is 0 Å². The molecule has 0 radical (unpaired) electrons. The molecule has 0 saturated heterocycles. The van der Waals surface area contributed by atoms with E-state index in [1.807, 2.05) is 0 Å². The van der Waals surface area contributed by atoms with Crippen LogP contribution in [0.5, 0.6) is 0 Å². The number of hydrogen-bond donors (Lipinski definition) is 0. The minimum absolute atomic E-state index is 0.119. The van der Waals surface area contributed by atoms with Crippen molar-refractivity contribution in [3.8, 4) is 5.40 Å². The van der Waals surface area contributed by atoms with Crippen LogP contribution < -0.4 is 0 Å². The lowest BCUT2D eigenvalue weighted by Gasteiger charge is -2.62. The number of nitriles is 1. The Balaban J connectivity index is 2.02. The van der Waals surface area contributed by atoms with Crippen LogP contribution in [0.1, 0.15) is 66.2 Å². The maximum absolute atomic E-state index is 9.64. The molecule has 3 saturated carbocycles. The number of rotatable bonds is 4. The van der Waals surface area contributed by atoms with E-state index in [9.17, 15) is 5.26 Å². The molecular formula is C22H32N2S2. The summed E-state index contributed by atoms with van der Waals surface area (Å²) in [5.41, 5.74) is 1.27. The first-order valence-electron chi connectivity index (χ1n) is 10.1. The molecule has 26 heavy (non-hydrogen) atoms. The molecule has 2 nitrogen and oxygen atoms in total. The van der Waals surface area contributed by atoms with Gasteiger partial charge >= 0.3 is 0 Å². The van der Waals surface area contributed by atoms with Crippen molar-refractivity contribution >= 4 is 29.1 Å². The Morgan fingerprint density at radius 1 is 1.38 bits per heavy atom. The molecule has 3 rings (SSSR count). The molecule has 0 aromatic heterocycles. The number of isothiocyanates is 1. The van der Waals surface area contributed by atoms with Gasteiger partial charge in [0.05, 0.1) is 10.7 Å². The van der Waals surface area contributed by atoms with Crippen molar-refractivity contribution < 1.29 is 0 Å². The normalized spacial score (nSPS) is 42.3. The zero-order valence-corrected chi connectivity index (χ0v) is 18.3. The fourth-order valence-corrected chi connectivity index (χ4v) is 8.10. The number of thiocarbonyl (C=S) groups is 1. The smallest absolute Gasteiger partial charge is 0.133 e. The highest BCUT2D eigenvalue weighted by Gasteiger charge is 2.60. The molecule has 142 valence electrons. The Labute approximate surface area is 168 Å². The van der Waals surface area contributed by atoms with Gasteiger partial charge in [-0.2, -0.15) is 5.26 Å². The zero-order valence-electron chi connectivity index (χ0n) is 16.6. The molecule has 4 heteroatoms. The predicted octanol–water partition coefficient (Wildman–Crippen LogP) is 6.50. The average molecular weight is 389 g/mol. The van der Waals surface area contributed by atoms with Crippen LogP contribution in [0.25, 0.3) is 0 Å². The fraction of sp³-hybridized carbons (Fsp3) is 0.818. The molecule has 0 aromatic carbocycles. The first kappa shape index (κ1) is 20.1. The van der Waals surface area contributed by atoms with Crippen molar-refractivity contribution in [3.05, 3.63) is 12.2 Å². The second kappa shape index (κ2) is 7.42. The number of hydrogen-bond acceptors (Lipinski definition) is 4. The zero-order chi connectivity index (χ0) is 19.1. The SMILES string of the molecule is C=C1CC[C@@]2(SC#N)[C@H]3[C@H](CC[C@@H]2C)[C@@H](C)C[C@@H](CC(C)(C)N=C=S)[C@H]13. The monoisotopic (exact) mass is 388 g/mol. The van der Waals surface area contributed by atoms with Gasteiger partial charge in [-0.3, -0.25) is 0 Å². The molecule has 0 amide bonds. The van der Waals surface area contributed by atoms with E-state index in [1.165, 1.54) is 24.8 Å². The van der Waals surface area contributed by atoms with Crippen molar-refractivity contribution in [2.24, 2.45) is 40.5 Å². The summed E-state index contributed by atoms with van der Waals surface area (Å²) < 4.78 is 0.119. The van der Waals surface area contributed by atoms with Crippen molar-refractivity contribution in [1.29, 1.82) is 5.26 Å². The van der Waals surface area contributed by atoms with Gasteiger partial charge in [0, 0.05) is 4.75 Å². The summed E-state index contributed by atoms with van der Waals surface area (Å²) in [7, 11) is 0. The van der Waals surface area contributed by atoms with E-state index in [0.717, 1.165) is 25.2 Å². The summed E-state index contributed by atoms with van der Waals surface area (Å²) in [6.45, 7) is 13.7. The van der Waals surface area contributed by atoms with E-state index in [1.54, 1.807) is 11.8 Å². The van der Waals surface area contributed by atoms with E-state index in [0.29, 0.717) is 29.6 Å². The Kier molecular flexibility index (Phi) is 5.74. The Bertz CT molecular complexity index is 658. The number of nitrogens with zero attached hydrogens (tertiary/aromatic N) is 2. The van der Waals surface area contributed by atoms with Gasteiger partial charge in [-0.1, -0.05) is 26.0 Å². The number of allylic oxidation sites excluding steroid dienone is 1. The number of thioether (sulfide) groups is 1. The molecule has 0 aliphatic heterocycles. The highest BCUT2D eigenvalue weighted by molar-refractivity contribution is 8.05. The van der Waals surface area contributed by atoms with Crippen LogP contribution in [-0.4, -0.2) is 15.4 Å². The number of thiocyanates is 1. The summed E-state index contributed by atoms with van der Waals surface area (Å²) in [5, 5.41) is 14.8. The standard InChI is InChI=1S/C22H32N2S2/c1-14-8-9-22(26-12-23)16(3)6-7-18-15(2)10-17(19(14)20(18)22)11-21(4,5)24-13-25/h15-20H,1,6-11H2,2-5H3/t15-,16-,17-,18+,19-,20-,22-/m0/s1. The first-order chi connectivity index (χ1) is 12.3. The van der Waals surface area contributed by atoms with Crippen molar-refractivity contribution in [3.63, 3.8) is 0 Å². The highest BCUT2D eigenvalue weighted by Crippen LogP contribution is 2.65. The quantitative estimate of drug-likeness (QED) is 0.239. The van der Waals surface area contributed by atoms with E-state index in [2.05, 4.69) is 49.8 Å². The van der Waals surface area contributed by atoms with E-state index in [4.69, 9.17) is 12.2 Å². The molecule has 0 bridgehead atoms. The largest absolute Gasteiger partial charge is 0.226 e. The molecule has 0 unspecified atom stereocenters. The summed E-state index contributed by atoms with van der Waals surface area (Å²) in [6.07, 6.45) is 7.08. The van der Waals surface area contributed by atoms with E-state index in [-0.39, 0.29) is 10.3 Å². The average Bonchev–Trinajstić information content (AvgIpc) is 2.55. The van der Waals surface area contributed by atoms with Crippen molar-refractivity contribution in [1.82, 2.24) is 0 Å². The van der Waals surface area contributed by atoms with Gasteiger partial charge in [0.2, 0.25) is 0 Å². The van der Waals surface area contributed by atoms with E-state index >= 15 is 0 Å². The highest BCUT2D eigenvalue weighted by atomic mass is 32.2. The van der Waals surface area contributed by atoms with Crippen LogP contribution in [0, 0.1) is 46.2 Å². The summed E-state index contributed by atoms with van der Waals surface area (Å²) in [4.78, 5) is 4.46. The minimum Gasteiger partial charge on any atom is -0.226 e. The Morgan fingerprint density at radius 3 is 2.77 bits per heavy atom. The predicted molar refractivity (Wildman–Crippen MR) is 114 cm³/mol. The molecule has 3 aliphatic rings. The topological polar surface area (TPSA) is 36.1 Å². The Hall–Kier alpha value is -0.620. The molecule has 3 fully saturated rings. The van der Waals surface area contributed by atoms with Gasteiger partial charge in [0.25, 0.3) is 0 Å². The third kappa shape index (κ3) is 3.32. The summed E-state index contributed by atoms with van der Waals surface area (Å²) >= 11 is 6.48. The van der Waals surface area contributed by atoms with Crippen LogP contribution in [0.3, 0.4) is 0 Å². The molecular weight excluding hydrogens is 356 g/mol. The second-order valence-electron chi connectivity index (χ2n) is 9.69. The van der Waals surface area contributed by atoms with Gasteiger partial charge in [-0.15, -0.1) is 0 Å². The van der Waals surface area contributed by atoms with Crippen LogP contribution in [-0.2, 0) is 0 Å². The molecule has 0 heterocycles. The van der Waals surface area contributed by atoms with Gasteiger partial charge in [-0.25, -0.2) is 4.99 Å². The maximum atomic E-state index is 9.64. The van der Waals surface area contributed by atoms with Gasteiger partial charge < -0.3 is 0 Å². The third-order valence-electron chi connectivity index (χ3n) is 7.75. The lowest BCUT2D eigenvalue weighted by molar-refractivity contribution is -0.0370. The Morgan fingerprint density at radius 2 is 2.12 bits per heavy atom. The lowest BCUT2D eigenvalue weighted by atomic mass is 9.47. The fourth-order valence-electron chi connectivity index (χ4n) is 6.71. The van der Waals surface area contributed by atoms with Crippen molar-refractivity contribution in [2.45, 2.75) is 76.5 Å². The molecule has 0 aromatic rings. The van der Waals surface area contributed by atoms with E-state index < -0.39 is 0 Å². The molecule has 7 atom stereocenters. The summed E-state index contributed by atoms with van der Waals surface area (Å²) in [6, 6.07) is 0. The van der Waals surface area contributed by atoms with Gasteiger partial charge in [0.15, 0.2) is 0 Å². The second-order valence-corrected chi connectivity index (χ2v) is 11.0. The third-order valence-corrected chi connectivity index (χ3v) is 9.19. The van der Waals surface area contributed by atoms with Crippen LogP contribution in [0.4, 0.5) is 0 Å². The van der Waals surface area contributed by atoms with Gasteiger partial charge in [-0.05, 0) is 112 Å². The van der Waals surface area contributed by atoms with Gasteiger partial charge in [0.1, 0.15) is 5.40 Å². The molecule has 3 aliphatic carbocycles. The maximum Gasteiger partial charge on any atom is 0.133 e. The lowest BCUT2D eigenvalue weighted by Crippen LogP contribution is -2.59. The number of aliphatic imine (C=N–C) groups is 1. The van der Waals surface area contributed by atoms with Crippen LogP contribution >= 0.6 is 24.0 Å². The minimum atomic E-state index is -0.165. The van der Waals surface area contributed by atoms with Crippen LogP contribution in [0.2, 0.25) is 0 Å². The van der Waals surface area contributed by atoms with Crippen LogP contribution in [0.15, 0.2) is 17.1 Å². The molecule has 0 N–H and O–H groups in total. The summed E-state index contributed by atoms with van der Waals surface area (Å²) in [5.74, 6) is 3.78. The first-order valence-corrected chi connectivity index (χ1v) is 11.3.